The van der Waals surface area contributed by atoms with Crippen molar-refractivity contribution in [3.05, 3.63) is 107 Å². The lowest BCUT2D eigenvalue weighted by molar-refractivity contribution is 0.0990. The van der Waals surface area contributed by atoms with Crippen molar-refractivity contribution < 1.29 is 9.59 Å². The molecule has 5 heteroatoms. The maximum atomic E-state index is 13.1. The number of Topliss-reactive ketones (excluding diaryl/α,β-unsaturated/α-hetero) is 2. The standard InChI is InChI=1S/C30H18N2O2S/c1-32-25(21-11-10-17-6-2-3-7-18(17)12-21)16-26-30(32)31-27(35-26)15-24-28(33)22-13-19-8-4-5-9-20(19)14-23(22)29(24)34/h2-16H,1H3. The van der Waals surface area contributed by atoms with Gasteiger partial charge >= 0.3 is 0 Å². The summed E-state index contributed by atoms with van der Waals surface area (Å²) in [6.45, 7) is 0. The van der Waals surface area contributed by atoms with Crippen molar-refractivity contribution in [2.24, 2.45) is 7.05 Å². The molecule has 4 nitrogen and oxygen atoms in total. The maximum Gasteiger partial charge on any atom is 0.197 e. The van der Waals surface area contributed by atoms with E-state index in [1.165, 1.54) is 22.1 Å². The smallest absolute Gasteiger partial charge is 0.197 e. The van der Waals surface area contributed by atoms with E-state index in [-0.39, 0.29) is 17.1 Å². The van der Waals surface area contributed by atoms with Crippen LogP contribution in [0, 0.1) is 0 Å². The summed E-state index contributed by atoms with van der Waals surface area (Å²) < 4.78 is 3.08. The molecule has 0 bridgehead atoms. The molecule has 0 fully saturated rings. The van der Waals surface area contributed by atoms with Gasteiger partial charge in [0.25, 0.3) is 0 Å². The molecule has 0 spiro atoms. The Bertz CT molecular complexity index is 1850. The molecule has 7 rings (SSSR count). The van der Waals surface area contributed by atoms with Crippen LogP contribution in [-0.2, 0) is 7.05 Å². The van der Waals surface area contributed by atoms with Crippen LogP contribution in [0.1, 0.15) is 25.7 Å². The van der Waals surface area contributed by atoms with Crippen LogP contribution in [0.25, 0.3) is 49.2 Å². The van der Waals surface area contributed by atoms with E-state index in [0.29, 0.717) is 16.1 Å². The second kappa shape index (κ2) is 7.32. The lowest BCUT2D eigenvalue weighted by Gasteiger charge is -2.05. The lowest BCUT2D eigenvalue weighted by atomic mass is 10.0. The maximum absolute atomic E-state index is 13.1. The topological polar surface area (TPSA) is 52.0 Å². The Hall–Kier alpha value is -4.35. The predicted octanol–water partition coefficient (Wildman–Crippen LogP) is 7.07. The summed E-state index contributed by atoms with van der Waals surface area (Å²) in [5.74, 6) is -0.460. The van der Waals surface area contributed by atoms with Gasteiger partial charge in [-0.25, -0.2) is 4.98 Å². The van der Waals surface area contributed by atoms with Crippen molar-refractivity contribution in [2.75, 3.05) is 0 Å². The Morgan fingerprint density at radius 1 is 0.743 bits per heavy atom. The normalized spacial score (nSPS) is 13.3. The molecule has 0 unspecified atom stereocenters. The molecule has 0 atom stereocenters. The molecule has 1 aliphatic carbocycles. The minimum Gasteiger partial charge on any atom is -0.328 e. The second-order valence-corrected chi connectivity index (χ2v) is 9.91. The molecular weight excluding hydrogens is 452 g/mol. The van der Waals surface area contributed by atoms with E-state index in [9.17, 15) is 9.59 Å². The van der Waals surface area contributed by atoms with E-state index >= 15 is 0 Å². The molecule has 35 heavy (non-hydrogen) atoms. The van der Waals surface area contributed by atoms with Crippen LogP contribution in [-0.4, -0.2) is 21.1 Å². The summed E-state index contributed by atoms with van der Waals surface area (Å²) >= 11 is 1.49. The van der Waals surface area contributed by atoms with Crippen molar-refractivity contribution in [2.45, 2.75) is 0 Å². The zero-order valence-electron chi connectivity index (χ0n) is 18.8. The molecule has 0 amide bonds. The molecule has 166 valence electrons. The number of hydrogen-bond donors (Lipinski definition) is 0. The fraction of sp³-hybridized carbons (Fsp3) is 0.0333. The fourth-order valence-corrected chi connectivity index (χ4v) is 5.94. The number of aryl methyl sites for hydroxylation is 1. The highest BCUT2D eigenvalue weighted by Gasteiger charge is 2.33. The number of allylic oxidation sites excluding steroid dienone is 1. The minimum atomic E-state index is -0.230. The highest BCUT2D eigenvalue weighted by molar-refractivity contribution is 7.19. The first-order chi connectivity index (χ1) is 17.1. The van der Waals surface area contributed by atoms with Gasteiger partial charge in [-0.1, -0.05) is 60.7 Å². The summed E-state index contributed by atoms with van der Waals surface area (Å²) in [6.07, 6.45) is 1.65. The molecule has 0 saturated carbocycles. The Kier molecular flexibility index (Phi) is 4.20. The Morgan fingerprint density at radius 3 is 1.97 bits per heavy atom. The third-order valence-corrected chi connectivity index (χ3v) is 7.71. The molecule has 0 N–H and O–H groups in total. The van der Waals surface area contributed by atoms with E-state index in [1.54, 1.807) is 6.08 Å². The fourth-order valence-electron chi connectivity index (χ4n) is 4.96. The van der Waals surface area contributed by atoms with Gasteiger partial charge in [0.05, 0.1) is 16.0 Å². The van der Waals surface area contributed by atoms with Gasteiger partial charge in [0.15, 0.2) is 17.2 Å². The number of benzene rings is 4. The van der Waals surface area contributed by atoms with Gasteiger partial charge in [0, 0.05) is 18.2 Å². The molecular formula is C30H18N2O2S. The van der Waals surface area contributed by atoms with Crippen molar-refractivity contribution in [3.8, 4) is 11.3 Å². The highest BCUT2D eigenvalue weighted by atomic mass is 32.1. The lowest BCUT2D eigenvalue weighted by Crippen LogP contribution is -2.00. The van der Waals surface area contributed by atoms with Gasteiger partial charge in [0.1, 0.15) is 5.01 Å². The molecule has 2 aromatic heterocycles. The average Bonchev–Trinajstić information content (AvgIpc) is 3.50. The second-order valence-electron chi connectivity index (χ2n) is 8.85. The predicted molar refractivity (Wildman–Crippen MR) is 142 cm³/mol. The van der Waals surface area contributed by atoms with E-state index < -0.39 is 0 Å². The Morgan fingerprint density at radius 2 is 1.34 bits per heavy atom. The van der Waals surface area contributed by atoms with Crippen LogP contribution < -0.4 is 0 Å². The molecule has 4 aromatic carbocycles. The van der Waals surface area contributed by atoms with Gasteiger partial charge < -0.3 is 4.57 Å². The molecule has 0 radical (unpaired) electrons. The molecule has 2 heterocycles. The van der Waals surface area contributed by atoms with Crippen molar-refractivity contribution in [1.82, 2.24) is 9.55 Å². The van der Waals surface area contributed by atoms with Crippen LogP contribution >= 0.6 is 11.3 Å². The quantitative estimate of drug-likeness (QED) is 0.201. The van der Waals surface area contributed by atoms with Gasteiger partial charge in [0.2, 0.25) is 0 Å². The molecule has 1 aliphatic rings. The van der Waals surface area contributed by atoms with Crippen LogP contribution in [0.3, 0.4) is 0 Å². The highest BCUT2D eigenvalue weighted by Crippen LogP contribution is 2.35. The van der Waals surface area contributed by atoms with E-state index in [2.05, 4.69) is 41.0 Å². The number of rotatable bonds is 2. The first-order valence-electron chi connectivity index (χ1n) is 11.4. The van der Waals surface area contributed by atoms with Gasteiger partial charge in [-0.2, -0.15) is 0 Å². The van der Waals surface area contributed by atoms with Gasteiger partial charge in [-0.05, 0) is 57.4 Å². The third kappa shape index (κ3) is 3.02. The zero-order chi connectivity index (χ0) is 23.7. The number of fused-ring (bicyclic) bond motifs is 4. The van der Waals surface area contributed by atoms with Crippen molar-refractivity contribution in [3.63, 3.8) is 0 Å². The zero-order valence-corrected chi connectivity index (χ0v) is 19.6. The Labute approximate surface area is 204 Å². The minimum absolute atomic E-state index is 0.184. The summed E-state index contributed by atoms with van der Waals surface area (Å²) in [4.78, 5) is 31.0. The summed E-state index contributed by atoms with van der Waals surface area (Å²) in [7, 11) is 2.00. The van der Waals surface area contributed by atoms with Crippen LogP contribution in [0.4, 0.5) is 0 Å². The number of carbonyl (C=O) groups is 2. The van der Waals surface area contributed by atoms with Crippen LogP contribution in [0.15, 0.2) is 90.5 Å². The van der Waals surface area contributed by atoms with E-state index in [0.717, 1.165) is 32.4 Å². The number of nitrogens with zero attached hydrogens (tertiary/aromatic N) is 2. The van der Waals surface area contributed by atoms with Gasteiger partial charge in [-0.15, -0.1) is 11.3 Å². The monoisotopic (exact) mass is 470 g/mol. The summed E-state index contributed by atoms with van der Waals surface area (Å²) in [5, 5.41) is 4.96. The number of thiazole rings is 1. The van der Waals surface area contributed by atoms with Gasteiger partial charge in [-0.3, -0.25) is 9.59 Å². The first kappa shape index (κ1) is 20.1. The first-order valence-corrected chi connectivity index (χ1v) is 12.2. The van der Waals surface area contributed by atoms with E-state index in [1.807, 2.05) is 55.6 Å². The number of aromatic nitrogens is 2. The van der Waals surface area contributed by atoms with Crippen LogP contribution in [0.2, 0.25) is 0 Å². The number of hydrogen-bond acceptors (Lipinski definition) is 4. The third-order valence-electron chi connectivity index (χ3n) is 6.78. The number of carbonyl (C=O) groups excluding carboxylic acids is 2. The Balaban J connectivity index is 1.28. The van der Waals surface area contributed by atoms with Crippen LogP contribution in [0.5, 0.6) is 0 Å². The molecule has 0 saturated heterocycles. The molecule has 6 aromatic rings. The van der Waals surface area contributed by atoms with Crippen molar-refractivity contribution in [1.29, 1.82) is 0 Å². The summed E-state index contributed by atoms with van der Waals surface area (Å²) in [6, 6.07) is 28.3. The molecule has 0 aliphatic heterocycles. The largest absolute Gasteiger partial charge is 0.328 e. The average molecular weight is 471 g/mol. The van der Waals surface area contributed by atoms with E-state index in [4.69, 9.17) is 4.98 Å². The summed E-state index contributed by atoms with van der Waals surface area (Å²) in [5.41, 5.74) is 4.17. The number of ketones is 2. The SMILES string of the molecule is Cn1c(-c2ccc3ccccc3c2)cc2sc(C=C3C(=O)c4cc5ccccc5cc4C3=O)nc21. The van der Waals surface area contributed by atoms with Crippen molar-refractivity contribution >= 4 is 60.9 Å².